The molecule has 148 valence electrons. The quantitative estimate of drug-likeness (QED) is 0.822. The van der Waals surface area contributed by atoms with Crippen LogP contribution in [0.2, 0.25) is 0 Å². The van der Waals surface area contributed by atoms with E-state index in [0.29, 0.717) is 37.7 Å². The third-order valence-corrected chi connectivity index (χ3v) is 4.61. The molecule has 2 aromatic rings. The molecule has 1 N–H and O–H groups in total. The molecule has 7 nitrogen and oxygen atoms in total. The second-order valence-corrected chi connectivity index (χ2v) is 6.60. The van der Waals surface area contributed by atoms with E-state index in [4.69, 9.17) is 9.47 Å². The number of rotatable bonds is 6. The van der Waals surface area contributed by atoms with Gasteiger partial charge in [0.15, 0.2) is 13.2 Å². The molecule has 0 bridgehead atoms. The number of aryl methyl sites for hydroxylation is 1. The highest BCUT2D eigenvalue weighted by molar-refractivity contribution is 5.80. The third kappa shape index (κ3) is 5.16. The fourth-order valence-electron chi connectivity index (χ4n) is 2.96. The zero-order valence-corrected chi connectivity index (χ0v) is 15.8. The molecule has 3 rings (SSSR count). The lowest BCUT2D eigenvalue weighted by Gasteiger charge is -2.34. The molecule has 28 heavy (non-hydrogen) atoms. The molecular weight excluding hydrogens is 360 g/mol. The van der Waals surface area contributed by atoms with Gasteiger partial charge in [-0.1, -0.05) is 24.3 Å². The summed E-state index contributed by atoms with van der Waals surface area (Å²) in [7, 11) is 0. The van der Waals surface area contributed by atoms with Crippen LogP contribution in [-0.2, 0) is 9.59 Å². The van der Waals surface area contributed by atoms with Gasteiger partial charge in [0.25, 0.3) is 11.8 Å². The van der Waals surface area contributed by atoms with Crippen LogP contribution in [0.5, 0.6) is 17.2 Å². The fourth-order valence-corrected chi connectivity index (χ4v) is 2.96. The van der Waals surface area contributed by atoms with Crippen molar-refractivity contribution in [1.29, 1.82) is 0 Å². The van der Waals surface area contributed by atoms with Crippen molar-refractivity contribution < 1.29 is 24.2 Å². The zero-order valence-electron chi connectivity index (χ0n) is 15.8. The van der Waals surface area contributed by atoms with Gasteiger partial charge in [-0.3, -0.25) is 9.59 Å². The van der Waals surface area contributed by atoms with Gasteiger partial charge >= 0.3 is 0 Å². The number of benzene rings is 2. The van der Waals surface area contributed by atoms with E-state index in [9.17, 15) is 14.7 Å². The Labute approximate surface area is 164 Å². The molecule has 0 aromatic heterocycles. The van der Waals surface area contributed by atoms with Crippen LogP contribution in [0.1, 0.15) is 5.56 Å². The first-order valence-electron chi connectivity index (χ1n) is 9.19. The van der Waals surface area contributed by atoms with Crippen LogP contribution in [0.25, 0.3) is 0 Å². The molecule has 0 spiro atoms. The molecule has 1 saturated heterocycles. The molecule has 1 fully saturated rings. The smallest absolute Gasteiger partial charge is 0.260 e. The van der Waals surface area contributed by atoms with Gasteiger partial charge in [-0.05, 0) is 30.7 Å². The summed E-state index contributed by atoms with van der Waals surface area (Å²) in [5.41, 5.74) is 0.984. The minimum Gasteiger partial charge on any atom is -0.508 e. The van der Waals surface area contributed by atoms with Crippen molar-refractivity contribution >= 4 is 11.8 Å². The van der Waals surface area contributed by atoms with Crippen molar-refractivity contribution in [3.8, 4) is 17.2 Å². The number of phenols is 1. The highest BCUT2D eigenvalue weighted by Crippen LogP contribution is 2.18. The fraction of sp³-hybridized carbons (Fsp3) is 0.333. The van der Waals surface area contributed by atoms with Crippen molar-refractivity contribution in [2.75, 3.05) is 39.4 Å². The van der Waals surface area contributed by atoms with Gasteiger partial charge in [-0.2, -0.15) is 0 Å². The van der Waals surface area contributed by atoms with Gasteiger partial charge < -0.3 is 24.4 Å². The normalized spacial score (nSPS) is 13.9. The summed E-state index contributed by atoms with van der Waals surface area (Å²) < 4.78 is 11.0. The van der Waals surface area contributed by atoms with Gasteiger partial charge in [0.1, 0.15) is 17.2 Å². The Morgan fingerprint density at radius 2 is 1.50 bits per heavy atom. The highest BCUT2D eigenvalue weighted by Gasteiger charge is 2.24. The van der Waals surface area contributed by atoms with Gasteiger partial charge in [-0.25, -0.2) is 0 Å². The van der Waals surface area contributed by atoms with E-state index < -0.39 is 0 Å². The lowest BCUT2D eigenvalue weighted by molar-refractivity contribution is -0.141. The third-order valence-electron chi connectivity index (χ3n) is 4.61. The lowest BCUT2D eigenvalue weighted by atomic mass is 10.2. The Kier molecular flexibility index (Phi) is 6.37. The van der Waals surface area contributed by atoms with Crippen molar-refractivity contribution in [3.63, 3.8) is 0 Å². The second-order valence-electron chi connectivity index (χ2n) is 6.60. The summed E-state index contributed by atoms with van der Waals surface area (Å²) in [6.07, 6.45) is 0. The molecular formula is C21H24N2O5. The van der Waals surface area contributed by atoms with E-state index in [1.165, 1.54) is 12.1 Å². The molecule has 0 saturated carbocycles. The Hall–Kier alpha value is -3.22. The maximum Gasteiger partial charge on any atom is 0.260 e. The SMILES string of the molecule is Cc1ccccc1OCC(=O)N1CCN(C(=O)COc2cccc(O)c2)CC1. The van der Waals surface area contributed by atoms with Crippen LogP contribution in [0.4, 0.5) is 0 Å². The molecule has 1 heterocycles. The molecule has 1 aliphatic heterocycles. The number of carbonyl (C=O) groups excluding carboxylic acids is 2. The molecule has 2 amide bonds. The summed E-state index contributed by atoms with van der Waals surface area (Å²) in [5, 5.41) is 9.42. The van der Waals surface area contributed by atoms with Crippen molar-refractivity contribution in [2.24, 2.45) is 0 Å². The number of ether oxygens (including phenoxy) is 2. The largest absolute Gasteiger partial charge is 0.508 e. The van der Waals surface area contributed by atoms with Crippen LogP contribution in [-0.4, -0.2) is 66.1 Å². The first-order chi connectivity index (χ1) is 13.5. The number of hydrogen-bond donors (Lipinski definition) is 1. The first kappa shape index (κ1) is 19.5. The molecule has 0 aliphatic carbocycles. The van der Waals surface area contributed by atoms with Crippen LogP contribution in [0.3, 0.4) is 0 Å². The van der Waals surface area contributed by atoms with Gasteiger partial charge in [0, 0.05) is 32.2 Å². The second kappa shape index (κ2) is 9.12. The van der Waals surface area contributed by atoms with Gasteiger partial charge in [-0.15, -0.1) is 0 Å². The Bertz CT molecular complexity index is 831. The predicted octanol–water partition coefficient (Wildman–Crippen LogP) is 1.83. The molecule has 0 unspecified atom stereocenters. The number of hydrogen-bond acceptors (Lipinski definition) is 5. The van der Waals surface area contributed by atoms with Crippen molar-refractivity contribution in [3.05, 3.63) is 54.1 Å². The number of piperazine rings is 1. The molecule has 7 heteroatoms. The lowest BCUT2D eigenvalue weighted by Crippen LogP contribution is -2.52. The average molecular weight is 384 g/mol. The van der Waals surface area contributed by atoms with E-state index in [0.717, 1.165) is 5.56 Å². The summed E-state index contributed by atoms with van der Waals surface area (Å²) in [4.78, 5) is 28.0. The van der Waals surface area contributed by atoms with Crippen LogP contribution >= 0.6 is 0 Å². The Morgan fingerprint density at radius 3 is 2.11 bits per heavy atom. The number of para-hydroxylation sites is 1. The first-order valence-corrected chi connectivity index (χ1v) is 9.19. The van der Waals surface area contributed by atoms with E-state index in [-0.39, 0.29) is 30.8 Å². The van der Waals surface area contributed by atoms with E-state index in [2.05, 4.69) is 0 Å². The summed E-state index contributed by atoms with van der Waals surface area (Å²) >= 11 is 0. The summed E-state index contributed by atoms with van der Waals surface area (Å²) in [5.74, 6) is 0.993. The summed E-state index contributed by atoms with van der Waals surface area (Å²) in [6.45, 7) is 3.66. The van der Waals surface area contributed by atoms with Gasteiger partial charge in [0.2, 0.25) is 0 Å². The Balaban J connectivity index is 1.41. The monoisotopic (exact) mass is 384 g/mol. The van der Waals surface area contributed by atoms with E-state index in [1.807, 2.05) is 31.2 Å². The molecule has 2 aromatic carbocycles. The predicted molar refractivity (Wildman–Crippen MR) is 103 cm³/mol. The maximum absolute atomic E-state index is 12.4. The highest BCUT2D eigenvalue weighted by atomic mass is 16.5. The van der Waals surface area contributed by atoms with Crippen molar-refractivity contribution in [1.82, 2.24) is 9.80 Å². The minimum atomic E-state index is -0.147. The number of phenolic OH excluding ortho intramolecular Hbond substituents is 1. The standard InChI is InChI=1S/C21H24N2O5/c1-16-5-2-3-8-19(16)28-15-21(26)23-11-9-22(10-12-23)20(25)14-27-18-7-4-6-17(24)13-18/h2-8,13,24H,9-12,14-15H2,1H3. The van der Waals surface area contributed by atoms with Crippen LogP contribution in [0, 0.1) is 6.92 Å². The summed E-state index contributed by atoms with van der Waals surface area (Å²) in [6, 6.07) is 13.9. The molecule has 0 radical (unpaired) electrons. The average Bonchev–Trinajstić information content (AvgIpc) is 2.71. The number of amides is 2. The van der Waals surface area contributed by atoms with E-state index in [1.54, 1.807) is 21.9 Å². The van der Waals surface area contributed by atoms with Crippen LogP contribution in [0.15, 0.2) is 48.5 Å². The number of nitrogens with zero attached hydrogens (tertiary/aromatic N) is 2. The van der Waals surface area contributed by atoms with E-state index >= 15 is 0 Å². The molecule has 1 aliphatic rings. The van der Waals surface area contributed by atoms with Crippen LogP contribution < -0.4 is 9.47 Å². The zero-order chi connectivity index (χ0) is 19.9. The van der Waals surface area contributed by atoms with Gasteiger partial charge in [0.05, 0.1) is 0 Å². The Morgan fingerprint density at radius 1 is 0.893 bits per heavy atom. The molecule has 0 atom stereocenters. The number of aromatic hydroxyl groups is 1. The topological polar surface area (TPSA) is 79.3 Å². The minimum absolute atomic E-state index is 0.0145. The van der Waals surface area contributed by atoms with Crippen molar-refractivity contribution in [2.45, 2.75) is 6.92 Å². The maximum atomic E-state index is 12.4. The number of carbonyl (C=O) groups is 2.